The van der Waals surface area contributed by atoms with Crippen LogP contribution in [-0.2, 0) is 11.3 Å². The van der Waals surface area contributed by atoms with Gasteiger partial charge in [-0.15, -0.1) is 0 Å². The lowest BCUT2D eigenvalue weighted by Gasteiger charge is -2.37. The predicted octanol–water partition coefficient (Wildman–Crippen LogP) is 2.58. The zero-order chi connectivity index (χ0) is 23.1. The molecule has 2 fully saturated rings. The Bertz CT molecular complexity index is 702. The van der Waals surface area contributed by atoms with Crippen molar-refractivity contribution in [2.75, 3.05) is 32.7 Å². The average Bonchev–Trinajstić information content (AvgIpc) is 2.80. The van der Waals surface area contributed by atoms with Gasteiger partial charge < -0.3 is 15.5 Å². The SMILES string of the molecule is CCC[NH+]1CCC(C2CC[NH+](Cc3ccc(C(C)CC(C)(CC)C(N)=O)cc3)CC2)CC1. The van der Waals surface area contributed by atoms with Crippen molar-refractivity contribution in [2.45, 2.75) is 85.1 Å². The number of nitrogens with two attached hydrogens (primary N) is 1. The number of nitrogens with one attached hydrogen (secondary N) is 2. The number of hydrogen-bond donors (Lipinski definition) is 3. The van der Waals surface area contributed by atoms with Gasteiger partial charge >= 0.3 is 0 Å². The minimum absolute atomic E-state index is 0.178. The number of piperidine rings is 2. The van der Waals surface area contributed by atoms with Crippen LogP contribution in [0.3, 0.4) is 0 Å². The van der Waals surface area contributed by atoms with E-state index in [1.807, 2.05) is 11.8 Å². The third-order valence-corrected chi connectivity index (χ3v) is 8.88. The maximum atomic E-state index is 11.9. The van der Waals surface area contributed by atoms with Crippen LogP contribution in [0.4, 0.5) is 0 Å². The molecule has 0 aliphatic carbocycles. The van der Waals surface area contributed by atoms with Gasteiger partial charge in [0.1, 0.15) is 6.54 Å². The molecule has 180 valence electrons. The first-order valence-corrected chi connectivity index (χ1v) is 13.4. The molecule has 0 saturated carbocycles. The van der Waals surface area contributed by atoms with E-state index >= 15 is 0 Å². The predicted molar refractivity (Wildman–Crippen MR) is 133 cm³/mol. The summed E-state index contributed by atoms with van der Waals surface area (Å²) in [5, 5.41) is 0. The van der Waals surface area contributed by atoms with Crippen molar-refractivity contribution in [1.29, 1.82) is 0 Å². The van der Waals surface area contributed by atoms with Crippen LogP contribution in [0.25, 0.3) is 0 Å². The van der Waals surface area contributed by atoms with E-state index in [1.165, 1.54) is 76.0 Å². The fraction of sp³-hybridized carbons (Fsp3) is 0.750. The summed E-state index contributed by atoms with van der Waals surface area (Å²) in [5.74, 6) is 2.13. The third-order valence-electron chi connectivity index (χ3n) is 8.88. The normalized spacial score (nSPS) is 29.2. The highest BCUT2D eigenvalue weighted by atomic mass is 16.1. The molecule has 2 atom stereocenters. The van der Waals surface area contributed by atoms with Gasteiger partial charge in [-0.3, -0.25) is 4.79 Å². The number of carbonyl (C=O) groups excluding carboxylic acids is 1. The Labute approximate surface area is 196 Å². The smallest absolute Gasteiger partial charge is 0.223 e. The molecule has 4 heteroatoms. The summed E-state index contributed by atoms with van der Waals surface area (Å²) < 4.78 is 0. The van der Waals surface area contributed by atoms with Crippen LogP contribution in [0.2, 0.25) is 0 Å². The van der Waals surface area contributed by atoms with Gasteiger partial charge in [0.15, 0.2) is 0 Å². The number of benzene rings is 1. The van der Waals surface area contributed by atoms with Gasteiger partial charge in [-0.2, -0.15) is 0 Å². The van der Waals surface area contributed by atoms with E-state index in [2.05, 4.69) is 45.0 Å². The number of carbonyl (C=O) groups is 1. The minimum Gasteiger partial charge on any atom is -0.369 e. The van der Waals surface area contributed by atoms with E-state index in [-0.39, 0.29) is 5.91 Å². The largest absolute Gasteiger partial charge is 0.369 e. The molecule has 4 nitrogen and oxygen atoms in total. The summed E-state index contributed by atoms with van der Waals surface area (Å²) in [6.45, 7) is 16.6. The van der Waals surface area contributed by atoms with E-state index in [4.69, 9.17) is 5.73 Å². The van der Waals surface area contributed by atoms with E-state index in [9.17, 15) is 4.79 Å². The summed E-state index contributed by atoms with van der Waals surface area (Å²) in [6.07, 6.45) is 8.69. The molecule has 0 bridgehead atoms. The quantitative estimate of drug-likeness (QED) is 0.511. The van der Waals surface area contributed by atoms with Crippen LogP contribution in [-0.4, -0.2) is 38.6 Å². The lowest BCUT2D eigenvalue weighted by atomic mass is 9.76. The topological polar surface area (TPSA) is 52.0 Å². The lowest BCUT2D eigenvalue weighted by Crippen LogP contribution is -3.13. The first-order chi connectivity index (χ1) is 15.3. The summed E-state index contributed by atoms with van der Waals surface area (Å²) in [4.78, 5) is 15.5. The maximum Gasteiger partial charge on any atom is 0.223 e. The highest BCUT2D eigenvalue weighted by molar-refractivity contribution is 5.80. The molecule has 3 rings (SSSR count). The van der Waals surface area contributed by atoms with Crippen LogP contribution in [0, 0.1) is 17.3 Å². The van der Waals surface area contributed by atoms with E-state index in [0.717, 1.165) is 31.2 Å². The van der Waals surface area contributed by atoms with Crippen LogP contribution in [0.15, 0.2) is 24.3 Å². The monoisotopic (exact) mass is 443 g/mol. The third kappa shape index (κ3) is 6.57. The van der Waals surface area contributed by atoms with Crippen molar-refractivity contribution >= 4 is 5.91 Å². The Balaban J connectivity index is 1.44. The number of quaternary nitrogens is 2. The molecule has 2 aliphatic rings. The molecule has 2 unspecified atom stereocenters. The molecule has 2 aliphatic heterocycles. The van der Waals surface area contributed by atoms with Crippen LogP contribution in [0.5, 0.6) is 0 Å². The molecule has 1 aromatic carbocycles. The first kappa shape index (κ1) is 25.2. The fourth-order valence-corrected chi connectivity index (χ4v) is 6.29. The number of hydrogen-bond acceptors (Lipinski definition) is 1. The van der Waals surface area contributed by atoms with Crippen molar-refractivity contribution in [1.82, 2.24) is 0 Å². The molecular formula is C28H49N3O+2. The second-order valence-electron chi connectivity index (χ2n) is 11.2. The maximum absolute atomic E-state index is 11.9. The number of amides is 1. The van der Waals surface area contributed by atoms with E-state index < -0.39 is 5.41 Å². The molecular weight excluding hydrogens is 394 g/mol. The van der Waals surface area contributed by atoms with E-state index in [0.29, 0.717) is 5.92 Å². The molecule has 1 aromatic rings. The summed E-state index contributed by atoms with van der Waals surface area (Å²) >= 11 is 0. The molecule has 2 saturated heterocycles. The summed E-state index contributed by atoms with van der Waals surface area (Å²) in [7, 11) is 0. The number of likely N-dealkylation sites (tertiary alicyclic amines) is 2. The Kier molecular flexibility index (Phi) is 9.19. The Morgan fingerprint density at radius 2 is 1.53 bits per heavy atom. The minimum atomic E-state index is -0.416. The molecule has 32 heavy (non-hydrogen) atoms. The molecule has 2 heterocycles. The highest BCUT2D eigenvalue weighted by Crippen LogP contribution is 2.34. The van der Waals surface area contributed by atoms with Gasteiger partial charge in [0, 0.05) is 11.0 Å². The van der Waals surface area contributed by atoms with Crippen molar-refractivity contribution in [3.05, 3.63) is 35.4 Å². The standard InChI is InChI=1S/C28H47N3O/c1-5-15-30-16-11-25(12-17-30)26-13-18-31(19-14-26)21-23-7-9-24(10-8-23)22(3)20-28(4,6-2)27(29)32/h7-10,22,25-26H,5-6,11-21H2,1-4H3,(H2,29,32)/p+2. The number of rotatable bonds is 10. The van der Waals surface area contributed by atoms with Crippen LogP contribution < -0.4 is 15.5 Å². The highest BCUT2D eigenvalue weighted by Gasteiger charge is 2.33. The Morgan fingerprint density at radius 3 is 2.00 bits per heavy atom. The zero-order valence-electron chi connectivity index (χ0n) is 21.2. The molecule has 0 spiro atoms. The van der Waals surface area contributed by atoms with Gasteiger partial charge in [0.05, 0.1) is 32.7 Å². The second-order valence-corrected chi connectivity index (χ2v) is 11.2. The summed E-state index contributed by atoms with van der Waals surface area (Å²) in [5.41, 5.74) is 8.02. The molecule has 0 aromatic heterocycles. The van der Waals surface area contributed by atoms with E-state index in [1.54, 1.807) is 4.90 Å². The van der Waals surface area contributed by atoms with Gasteiger partial charge in [-0.1, -0.05) is 52.0 Å². The van der Waals surface area contributed by atoms with Crippen molar-refractivity contribution in [2.24, 2.45) is 23.0 Å². The molecule has 1 amide bonds. The molecule has 4 N–H and O–H groups in total. The van der Waals surface area contributed by atoms with Gasteiger partial charge in [-0.05, 0) is 68.3 Å². The van der Waals surface area contributed by atoms with Crippen molar-refractivity contribution in [3.8, 4) is 0 Å². The van der Waals surface area contributed by atoms with Crippen molar-refractivity contribution < 1.29 is 14.6 Å². The fourth-order valence-electron chi connectivity index (χ4n) is 6.29. The van der Waals surface area contributed by atoms with Gasteiger partial charge in [0.2, 0.25) is 5.91 Å². The average molecular weight is 444 g/mol. The molecule has 0 radical (unpaired) electrons. The van der Waals surface area contributed by atoms with Gasteiger partial charge in [-0.25, -0.2) is 0 Å². The first-order valence-electron chi connectivity index (χ1n) is 13.4. The van der Waals surface area contributed by atoms with Crippen molar-refractivity contribution in [3.63, 3.8) is 0 Å². The Hall–Kier alpha value is -1.39. The van der Waals surface area contributed by atoms with Crippen LogP contribution >= 0.6 is 0 Å². The summed E-state index contributed by atoms with van der Waals surface area (Å²) in [6, 6.07) is 9.17. The Morgan fingerprint density at radius 1 is 1.00 bits per heavy atom. The van der Waals surface area contributed by atoms with Gasteiger partial charge in [0.25, 0.3) is 0 Å². The lowest BCUT2D eigenvalue weighted by molar-refractivity contribution is -0.920. The van der Waals surface area contributed by atoms with Crippen LogP contribution in [0.1, 0.15) is 89.7 Å². The zero-order valence-corrected chi connectivity index (χ0v) is 21.2. The second kappa shape index (κ2) is 11.7. The number of primary amides is 1.